The summed E-state index contributed by atoms with van der Waals surface area (Å²) in [5.41, 5.74) is 21.6. The molecular formula is C61H46N4. The van der Waals surface area contributed by atoms with Gasteiger partial charge in [0.1, 0.15) is 11.6 Å². The highest BCUT2D eigenvalue weighted by Crippen LogP contribution is 2.62. The van der Waals surface area contributed by atoms with Crippen molar-refractivity contribution in [2.45, 2.75) is 38.5 Å². The Kier molecular flexibility index (Phi) is 9.61. The first-order valence-corrected chi connectivity index (χ1v) is 22.9. The van der Waals surface area contributed by atoms with E-state index in [1.807, 2.05) is 0 Å². The van der Waals surface area contributed by atoms with E-state index in [-0.39, 0.29) is 0 Å². The summed E-state index contributed by atoms with van der Waals surface area (Å²) in [6.45, 7) is 0. The lowest BCUT2D eigenvalue weighted by atomic mass is 9.86. The molecule has 0 saturated carbocycles. The Bertz CT molecular complexity index is 3000. The molecule has 3 heterocycles. The van der Waals surface area contributed by atoms with E-state index < -0.39 is 0 Å². The molecule has 65 heavy (non-hydrogen) atoms. The maximum Gasteiger partial charge on any atom is 0.104 e. The maximum atomic E-state index is 12.5. The van der Waals surface area contributed by atoms with Gasteiger partial charge in [-0.05, 0) is 119 Å². The van der Waals surface area contributed by atoms with Crippen LogP contribution in [0.25, 0.3) is 22.3 Å². The molecule has 4 nitrogen and oxygen atoms in total. The monoisotopic (exact) mass is 834 g/mol. The van der Waals surface area contributed by atoms with E-state index in [1.165, 1.54) is 33.4 Å². The summed E-state index contributed by atoms with van der Waals surface area (Å²) in [7, 11) is 0. The van der Waals surface area contributed by atoms with Crippen LogP contribution in [0.2, 0.25) is 0 Å². The first-order valence-electron chi connectivity index (χ1n) is 22.9. The van der Waals surface area contributed by atoms with E-state index in [0.29, 0.717) is 5.56 Å². The van der Waals surface area contributed by atoms with Crippen LogP contribution in [-0.4, -0.2) is 0 Å². The summed E-state index contributed by atoms with van der Waals surface area (Å²) in [6.07, 6.45) is 5.34. The van der Waals surface area contributed by atoms with Gasteiger partial charge in [0.25, 0.3) is 0 Å². The zero-order valence-electron chi connectivity index (χ0n) is 36.2. The van der Waals surface area contributed by atoms with Crippen LogP contribution in [0.5, 0.6) is 0 Å². The molecule has 12 rings (SSSR count). The van der Waals surface area contributed by atoms with Crippen LogP contribution in [0.1, 0.15) is 38.9 Å². The fourth-order valence-electron chi connectivity index (χ4n) is 10.8. The highest BCUT2D eigenvalue weighted by Gasteiger charge is 2.39. The average Bonchev–Trinajstić information content (AvgIpc) is 3.73. The fraction of sp³-hybridized carbons (Fsp3) is 0.0984. The van der Waals surface area contributed by atoms with E-state index in [9.17, 15) is 5.26 Å². The second-order valence-corrected chi connectivity index (χ2v) is 17.3. The predicted molar refractivity (Wildman–Crippen MR) is 268 cm³/mol. The number of rotatable bonds is 5. The lowest BCUT2D eigenvalue weighted by Crippen LogP contribution is -2.23. The van der Waals surface area contributed by atoms with Crippen LogP contribution in [0.4, 0.5) is 51.2 Å². The molecule has 0 aromatic heterocycles. The van der Waals surface area contributed by atoms with Gasteiger partial charge in [-0.25, -0.2) is 0 Å². The molecule has 0 atom stereocenters. The quantitative estimate of drug-likeness (QED) is 0.173. The molecule has 9 aromatic carbocycles. The van der Waals surface area contributed by atoms with Crippen molar-refractivity contribution in [2.75, 3.05) is 14.7 Å². The Morgan fingerprint density at radius 1 is 0.277 bits per heavy atom. The summed E-state index contributed by atoms with van der Waals surface area (Å²) in [4.78, 5) is 7.46. The minimum Gasteiger partial charge on any atom is -0.309 e. The van der Waals surface area contributed by atoms with Crippen molar-refractivity contribution in [3.05, 3.63) is 245 Å². The largest absolute Gasteiger partial charge is 0.309 e. The summed E-state index contributed by atoms with van der Waals surface area (Å²) in [5.74, 6) is 0. The minimum absolute atomic E-state index is 0.612. The average molecular weight is 835 g/mol. The van der Waals surface area contributed by atoms with Crippen molar-refractivity contribution >= 4 is 51.2 Å². The zero-order valence-corrected chi connectivity index (χ0v) is 36.2. The van der Waals surface area contributed by atoms with Gasteiger partial charge >= 0.3 is 0 Å². The van der Waals surface area contributed by atoms with Crippen LogP contribution in [0, 0.1) is 11.3 Å². The van der Waals surface area contributed by atoms with Crippen molar-refractivity contribution < 1.29 is 0 Å². The second kappa shape index (κ2) is 16.2. The van der Waals surface area contributed by atoms with Gasteiger partial charge in [-0.15, -0.1) is 0 Å². The van der Waals surface area contributed by atoms with Gasteiger partial charge in [-0.1, -0.05) is 170 Å². The van der Waals surface area contributed by atoms with Crippen LogP contribution in [-0.2, 0) is 38.5 Å². The molecule has 0 unspecified atom stereocenters. The van der Waals surface area contributed by atoms with Gasteiger partial charge < -0.3 is 14.7 Å². The molecule has 0 aliphatic carbocycles. The number of nitriles is 1. The third-order valence-corrected chi connectivity index (χ3v) is 13.7. The van der Waals surface area contributed by atoms with Gasteiger partial charge in [0.05, 0.1) is 17.1 Å². The summed E-state index contributed by atoms with van der Waals surface area (Å²) in [5, 5.41) is 12.5. The van der Waals surface area contributed by atoms with Crippen molar-refractivity contribution in [1.82, 2.24) is 0 Å². The molecule has 0 bridgehead atoms. The standard InChI is InChI=1S/C61H46N4/c62-41-50-59(63-51-29-13-7-19-42(51)35-36-43-20-8-14-30-52(43)63)57(48-25-3-1-4-26-48)61(65-55-33-17-11-23-46(55)39-40-47-24-12-18-34-56(47)65)58(49-27-5-2-6-28-49)60(50)64-53-31-15-9-21-44(53)37-38-45-22-10-16-32-54(45)64/h1-34H,35-40H2. The van der Waals surface area contributed by atoms with E-state index >= 15 is 0 Å². The van der Waals surface area contributed by atoms with Crippen molar-refractivity contribution in [3.8, 4) is 28.3 Å². The predicted octanol–water partition coefficient (Wildman–Crippen LogP) is 15.6. The van der Waals surface area contributed by atoms with Crippen LogP contribution < -0.4 is 14.7 Å². The van der Waals surface area contributed by atoms with E-state index in [2.05, 4.69) is 227 Å². The van der Waals surface area contributed by atoms with Crippen molar-refractivity contribution in [2.24, 2.45) is 0 Å². The third-order valence-electron chi connectivity index (χ3n) is 13.7. The zero-order chi connectivity index (χ0) is 43.3. The van der Waals surface area contributed by atoms with Gasteiger partial charge in [0, 0.05) is 45.3 Å². The molecule has 0 saturated heterocycles. The lowest BCUT2D eigenvalue weighted by molar-refractivity contribution is 0.977. The lowest BCUT2D eigenvalue weighted by Gasteiger charge is -2.40. The molecule has 310 valence electrons. The molecule has 0 spiro atoms. The maximum absolute atomic E-state index is 12.5. The summed E-state index contributed by atoms with van der Waals surface area (Å²) >= 11 is 0. The Labute approximate surface area is 381 Å². The van der Waals surface area contributed by atoms with Crippen LogP contribution in [0.15, 0.2) is 206 Å². The number of nitrogens with zero attached hydrogens (tertiary/aromatic N) is 4. The number of aryl methyl sites for hydroxylation is 6. The third kappa shape index (κ3) is 6.42. The molecule has 9 aromatic rings. The van der Waals surface area contributed by atoms with E-state index in [4.69, 9.17) is 0 Å². The van der Waals surface area contributed by atoms with Gasteiger partial charge in [0.15, 0.2) is 0 Å². The van der Waals surface area contributed by atoms with E-state index in [1.54, 1.807) is 0 Å². The Morgan fingerprint density at radius 3 is 0.769 bits per heavy atom. The highest BCUT2D eigenvalue weighted by molar-refractivity contribution is 6.14. The SMILES string of the molecule is N#Cc1c(N2c3ccccc3CCc3ccccc32)c(-c2ccccc2)c(N2c3ccccc3CCc3ccccc32)c(-c2ccccc2)c1N1c2ccccc2CCc2ccccc21. The first kappa shape index (κ1) is 38.5. The smallest absolute Gasteiger partial charge is 0.104 e. The minimum atomic E-state index is 0.612. The molecule has 3 aliphatic rings. The highest BCUT2D eigenvalue weighted by atomic mass is 15.2. The number of benzene rings is 9. The topological polar surface area (TPSA) is 33.5 Å². The summed E-state index contributed by atoms with van der Waals surface area (Å²) in [6, 6.07) is 77.9. The number of para-hydroxylation sites is 6. The normalized spacial score (nSPS) is 13.7. The number of hydrogen-bond donors (Lipinski definition) is 0. The molecule has 0 amide bonds. The number of hydrogen-bond acceptors (Lipinski definition) is 4. The summed E-state index contributed by atoms with van der Waals surface area (Å²) < 4.78 is 0. The van der Waals surface area contributed by atoms with Crippen molar-refractivity contribution in [1.29, 1.82) is 5.26 Å². The van der Waals surface area contributed by atoms with E-state index in [0.717, 1.165) is 112 Å². The molecular weight excluding hydrogens is 789 g/mol. The second-order valence-electron chi connectivity index (χ2n) is 17.3. The molecule has 0 fully saturated rings. The molecule has 3 aliphatic heterocycles. The van der Waals surface area contributed by atoms with Crippen LogP contribution >= 0.6 is 0 Å². The molecule has 4 heteroatoms. The van der Waals surface area contributed by atoms with Crippen molar-refractivity contribution in [3.63, 3.8) is 0 Å². The van der Waals surface area contributed by atoms with Gasteiger partial charge in [-0.2, -0.15) is 5.26 Å². The Morgan fingerprint density at radius 2 is 0.508 bits per heavy atom. The van der Waals surface area contributed by atoms with Crippen LogP contribution in [0.3, 0.4) is 0 Å². The molecule has 0 radical (unpaired) electrons. The Hall–Kier alpha value is -8.13. The molecule has 0 N–H and O–H groups in total. The number of fused-ring (bicyclic) bond motifs is 6. The Balaban J connectivity index is 1.38. The van der Waals surface area contributed by atoms with Gasteiger partial charge in [0.2, 0.25) is 0 Å². The van der Waals surface area contributed by atoms with Gasteiger partial charge in [-0.3, -0.25) is 0 Å². The first-order chi connectivity index (χ1) is 32.3. The fourth-order valence-corrected chi connectivity index (χ4v) is 10.8. The number of anilines is 9.